The molecule has 0 bridgehead atoms. The number of fused-ring (bicyclic) bond motifs is 3. The Morgan fingerprint density at radius 3 is 2.71 bits per heavy atom. The number of rotatable bonds is 0. The summed E-state index contributed by atoms with van der Waals surface area (Å²) in [6, 6.07) is 9.47. The molecule has 0 aliphatic heterocycles. The largest absolute Gasteiger partial charge is 0.493 e. The molecule has 0 amide bonds. The van der Waals surface area contributed by atoms with Crippen molar-refractivity contribution >= 4 is 21.8 Å². The van der Waals surface area contributed by atoms with E-state index < -0.39 is 0 Å². The third-order valence-electron chi connectivity index (χ3n) is 2.37. The molecule has 0 atom stereocenters. The Bertz CT molecular complexity index is 613. The van der Waals surface area contributed by atoms with Gasteiger partial charge in [-0.05, 0) is 12.1 Å². The molecule has 0 unspecified atom stereocenters. The van der Waals surface area contributed by atoms with Crippen LogP contribution in [0.25, 0.3) is 21.8 Å². The molecule has 2 N–H and O–H groups in total. The lowest BCUT2D eigenvalue weighted by atomic mass is 10.1. The van der Waals surface area contributed by atoms with Gasteiger partial charge in [0, 0.05) is 23.0 Å². The lowest BCUT2D eigenvalue weighted by Gasteiger charge is -1.99. The molecule has 3 aromatic rings. The normalized spacial score (nSPS) is 11.1. The number of aromatic amines is 1. The Balaban J connectivity index is 2.60. The summed E-state index contributed by atoms with van der Waals surface area (Å²) < 4.78 is 0. The zero-order valence-corrected chi connectivity index (χ0v) is 7.36. The minimum atomic E-state index is 0.0552. The first-order chi connectivity index (χ1) is 6.84. The molecule has 0 fully saturated rings. The molecule has 2 aromatic heterocycles. The molecule has 3 rings (SSSR count). The first kappa shape index (κ1) is 7.38. The minimum Gasteiger partial charge on any atom is -0.493 e. The highest BCUT2D eigenvalue weighted by molar-refractivity contribution is 6.03. The Labute approximate surface area is 80.0 Å². The minimum absolute atomic E-state index is 0.0552. The molecule has 0 aliphatic rings. The summed E-state index contributed by atoms with van der Waals surface area (Å²) in [6.45, 7) is 0. The van der Waals surface area contributed by atoms with Gasteiger partial charge < -0.3 is 10.1 Å². The lowest BCUT2D eigenvalue weighted by molar-refractivity contribution is 0.456. The van der Waals surface area contributed by atoms with Crippen LogP contribution < -0.4 is 0 Å². The molecule has 68 valence electrons. The summed E-state index contributed by atoms with van der Waals surface area (Å²) in [5.41, 5.74) is 1.78. The first-order valence-corrected chi connectivity index (χ1v) is 4.40. The maximum Gasteiger partial charge on any atom is 0.211 e. The van der Waals surface area contributed by atoms with Gasteiger partial charge in [0.05, 0.1) is 11.0 Å². The average Bonchev–Trinajstić information content (AvgIpc) is 2.65. The number of nitrogens with zero attached hydrogens (tertiary/aromatic N) is 1. The van der Waals surface area contributed by atoms with Crippen LogP contribution in [0.1, 0.15) is 0 Å². The third kappa shape index (κ3) is 0.893. The monoisotopic (exact) mass is 184 g/mol. The van der Waals surface area contributed by atoms with Crippen molar-refractivity contribution in [2.24, 2.45) is 0 Å². The van der Waals surface area contributed by atoms with Crippen molar-refractivity contribution in [3.05, 3.63) is 36.5 Å². The van der Waals surface area contributed by atoms with Crippen LogP contribution in [0.2, 0.25) is 0 Å². The number of benzene rings is 1. The van der Waals surface area contributed by atoms with Gasteiger partial charge >= 0.3 is 0 Å². The highest BCUT2D eigenvalue weighted by Crippen LogP contribution is 2.23. The van der Waals surface area contributed by atoms with Gasteiger partial charge in [0.25, 0.3) is 0 Å². The third-order valence-corrected chi connectivity index (χ3v) is 2.37. The smallest absolute Gasteiger partial charge is 0.211 e. The molecule has 0 radical (unpaired) electrons. The van der Waals surface area contributed by atoms with Gasteiger partial charge in [0.2, 0.25) is 5.88 Å². The van der Waals surface area contributed by atoms with Crippen LogP contribution in [0.4, 0.5) is 0 Å². The number of nitrogens with one attached hydrogen (secondary N) is 1. The van der Waals surface area contributed by atoms with Crippen LogP contribution in [0.3, 0.4) is 0 Å². The molecular weight excluding hydrogens is 176 g/mol. The van der Waals surface area contributed by atoms with Crippen molar-refractivity contribution in [2.45, 2.75) is 0 Å². The molecule has 14 heavy (non-hydrogen) atoms. The van der Waals surface area contributed by atoms with Gasteiger partial charge in [0.15, 0.2) is 0 Å². The molecule has 0 saturated heterocycles. The van der Waals surface area contributed by atoms with Crippen molar-refractivity contribution in [3.63, 3.8) is 0 Å². The maximum atomic E-state index is 9.30. The number of aromatic nitrogens is 2. The van der Waals surface area contributed by atoms with Crippen molar-refractivity contribution in [2.75, 3.05) is 0 Å². The molecule has 2 heterocycles. The maximum absolute atomic E-state index is 9.30. The van der Waals surface area contributed by atoms with Crippen molar-refractivity contribution in [1.29, 1.82) is 0 Å². The summed E-state index contributed by atoms with van der Waals surface area (Å²) >= 11 is 0. The topological polar surface area (TPSA) is 48.9 Å². The van der Waals surface area contributed by atoms with Crippen LogP contribution in [0, 0.1) is 0 Å². The highest BCUT2D eigenvalue weighted by atomic mass is 16.3. The van der Waals surface area contributed by atoms with E-state index in [0.29, 0.717) is 0 Å². The van der Waals surface area contributed by atoms with E-state index in [1.807, 2.05) is 30.5 Å². The summed E-state index contributed by atoms with van der Waals surface area (Å²) in [7, 11) is 0. The predicted molar refractivity (Wildman–Crippen MR) is 55.3 cm³/mol. The highest BCUT2D eigenvalue weighted by Gasteiger charge is 2.02. The second-order valence-electron chi connectivity index (χ2n) is 3.25. The zero-order valence-electron chi connectivity index (χ0n) is 7.36. The van der Waals surface area contributed by atoms with Gasteiger partial charge in [-0.2, -0.15) is 0 Å². The number of hydrogen-bond donors (Lipinski definition) is 2. The van der Waals surface area contributed by atoms with Gasteiger partial charge in [-0.3, -0.25) is 0 Å². The molecule has 3 heteroatoms. The van der Waals surface area contributed by atoms with E-state index in [1.54, 1.807) is 6.07 Å². The molecule has 3 nitrogen and oxygen atoms in total. The molecule has 0 aliphatic carbocycles. The fourth-order valence-electron chi connectivity index (χ4n) is 1.70. The molecular formula is C11H8N2O. The van der Waals surface area contributed by atoms with Gasteiger partial charge in [-0.1, -0.05) is 12.1 Å². The molecule has 1 aromatic carbocycles. The van der Waals surface area contributed by atoms with Crippen molar-refractivity contribution in [1.82, 2.24) is 9.97 Å². The molecule has 0 spiro atoms. The molecule has 0 saturated carbocycles. The Morgan fingerprint density at radius 1 is 1.00 bits per heavy atom. The van der Waals surface area contributed by atoms with Crippen molar-refractivity contribution < 1.29 is 5.11 Å². The van der Waals surface area contributed by atoms with Crippen LogP contribution in [-0.2, 0) is 0 Å². The number of hydrogen-bond acceptors (Lipinski definition) is 2. The SMILES string of the molecule is Oc1ccc2ccc3cc[nH]c3c2n1. The Kier molecular flexibility index (Phi) is 1.31. The summed E-state index contributed by atoms with van der Waals surface area (Å²) in [5, 5.41) is 11.4. The fourth-order valence-corrected chi connectivity index (χ4v) is 1.70. The van der Waals surface area contributed by atoms with Gasteiger partial charge in [-0.15, -0.1) is 0 Å². The standard InChI is InChI=1S/C11H8N2O/c14-9-4-3-7-1-2-8-5-6-12-10(8)11(7)13-9/h1-6,12H,(H,13,14). The fraction of sp³-hybridized carbons (Fsp3) is 0. The lowest BCUT2D eigenvalue weighted by Crippen LogP contribution is -1.80. The average molecular weight is 184 g/mol. The number of pyridine rings is 1. The van der Waals surface area contributed by atoms with Crippen molar-refractivity contribution in [3.8, 4) is 5.88 Å². The van der Waals surface area contributed by atoms with E-state index in [1.165, 1.54) is 0 Å². The van der Waals surface area contributed by atoms with E-state index in [0.717, 1.165) is 21.8 Å². The van der Waals surface area contributed by atoms with E-state index in [9.17, 15) is 5.11 Å². The van der Waals surface area contributed by atoms with Crippen LogP contribution in [0.15, 0.2) is 36.5 Å². The van der Waals surface area contributed by atoms with E-state index in [4.69, 9.17) is 0 Å². The van der Waals surface area contributed by atoms with E-state index >= 15 is 0 Å². The number of aromatic hydroxyl groups is 1. The summed E-state index contributed by atoms with van der Waals surface area (Å²) in [4.78, 5) is 7.22. The summed E-state index contributed by atoms with van der Waals surface area (Å²) in [5.74, 6) is 0.0552. The van der Waals surface area contributed by atoms with E-state index in [2.05, 4.69) is 9.97 Å². The Morgan fingerprint density at radius 2 is 1.79 bits per heavy atom. The van der Waals surface area contributed by atoms with E-state index in [-0.39, 0.29) is 5.88 Å². The number of H-pyrrole nitrogens is 1. The first-order valence-electron chi connectivity index (χ1n) is 4.40. The quantitative estimate of drug-likeness (QED) is 0.563. The van der Waals surface area contributed by atoms with Crippen LogP contribution in [-0.4, -0.2) is 15.1 Å². The summed E-state index contributed by atoms with van der Waals surface area (Å²) in [6.07, 6.45) is 1.87. The second-order valence-corrected chi connectivity index (χ2v) is 3.25. The second kappa shape index (κ2) is 2.48. The Hall–Kier alpha value is -2.03. The predicted octanol–water partition coefficient (Wildman–Crippen LogP) is 2.42. The van der Waals surface area contributed by atoms with Crippen LogP contribution >= 0.6 is 0 Å². The van der Waals surface area contributed by atoms with Gasteiger partial charge in [-0.25, -0.2) is 4.98 Å². The zero-order chi connectivity index (χ0) is 9.54. The van der Waals surface area contributed by atoms with Gasteiger partial charge in [0.1, 0.15) is 0 Å². The van der Waals surface area contributed by atoms with Crippen LogP contribution in [0.5, 0.6) is 5.88 Å².